The molecule has 0 aliphatic rings. The van der Waals surface area contributed by atoms with Crippen molar-refractivity contribution in [3.63, 3.8) is 0 Å². The summed E-state index contributed by atoms with van der Waals surface area (Å²) in [6.45, 7) is 1.29. The Morgan fingerprint density at radius 1 is 1.56 bits per heavy atom. The van der Waals surface area contributed by atoms with Crippen molar-refractivity contribution in [2.24, 2.45) is 10.8 Å². The first-order valence-corrected chi connectivity index (χ1v) is 6.56. The lowest BCUT2D eigenvalue weighted by Gasteiger charge is -2.11. The molecule has 0 atom stereocenters. The predicted molar refractivity (Wildman–Crippen MR) is 78.9 cm³/mol. The maximum atomic E-state index is 5.92. The van der Waals surface area contributed by atoms with Gasteiger partial charge in [0.05, 0.1) is 5.69 Å². The lowest BCUT2D eigenvalue weighted by Crippen LogP contribution is -2.36. The second kappa shape index (κ2) is 8.31. The number of hydrazine groups is 1. The second-order valence-electron chi connectivity index (χ2n) is 3.47. The van der Waals surface area contributed by atoms with Crippen LogP contribution in [0.5, 0.6) is 0 Å². The Bertz CT molecular complexity index is 414. The number of halogens is 2. The van der Waals surface area contributed by atoms with Crippen LogP contribution in [-0.4, -0.2) is 26.2 Å². The van der Waals surface area contributed by atoms with Gasteiger partial charge in [-0.15, -0.1) is 0 Å². The van der Waals surface area contributed by atoms with Gasteiger partial charge < -0.3 is 10.1 Å². The topological polar surface area (TPSA) is 71.7 Å². The van der Waals surface area contributed by atoms with Gasteiger partial charge in [-0.2, -0.15) is 0 Å². The van der Waals surface area contributed by atoms with Gasteiger partial charge in [0.15, 0.2) is 0 Å². The van der Waals surface area contributed by atoms with Crippen molar-refractivity contribution in [2.75, 3.05) is 25.6 Å². The van der Waals surface area contributed by atoms with Crippen molar-refractivity contribution in [1.82, 2.24) is 5.43 Å². The predicted octanol–water partition coefficient (Wildman–Crippen LogP) is 2.37. The number of rotatable bonds is 5. The molecule has 5 nitrogen and oxygen atoms in total. The van der Waals surface area contributed by atoms with Gasteiger partial charge in [-0.05, 0) is 40.5 Å². The first kappa shape index (κ1) is 15.2. The Kier molecular flexibility index (Phi) is 7.04. The zero-order valence-corrected chi connectivity index (χ0v) is 12.4. The Hall–Kier alpha value is -0.820. The molecule has 0 saturated heterocycles. The van der Waals surface area contributed by atoms with Crippen molar-refractivity contribution in [3.05, 3.63) is 27.7 Å². The van der Waals surface area contributed by atoms with Gasteiger partial charge in [-0.25, -0.2) is 5.84 Å². The molecule has 4 N–H and O–H groups in total. The average Bonchev–Trinajstić information content (AvgIpc) is 2.37. The maximum absolute atomic E-state index is 5.92. The molecule has 0 aliphatic heterocycles. The van der Waals surface area contributed by atoms with Crippen LogP contribution in [0.3, 0.4) is 0 Å². The van der Waals surface area contributed by atoms with Gasteiger partial charge in [0, 0.05) is 29.8 Å². The molecule has 100 valence electrons. The molecule has 0 unspecified atom stereocenters. The zero-order chi connectivity index (χ0) is 13.4. The Morgan fingerprint density at radius 3 is 3.00 bits per heavy atom. The van der Waals surface area contributed by atoms with Gasteiger partial charge >= 0.3 is 0 Å². The van der Waals surface area contributed by atoms with E-state index in [1.165, 1.54) is 0 Å². The molecule has 7 heteroatoms. The van der Waals surface area contributed by atoms with Gasteiger partial charge in [0.2, 0.25) is 5.96 Å². The Balaban J connectivity index is 2.64. The van der Waals surface area contributed by atoms with Crippen LogP contribution in [0, 0.1) is 0 Å². The van der Waals surface area contributed by atoms with E-state index in [1.54, 1.807) is 19.2 Å². The number of benzene rings is 1. The van der Waals surface area contributed by atoms with Crippen molar-refractivity contribution in [1.29, 1.82) is 0 Å². The molecule has 0 saturated carbocycles. The Morgan fingerprint density at radius 2 is 2.33 bits per heavy atom. The molecule has 0 bridgehead atoms. The smallest absolute Gasteiger partial charge is 0.210 e. The van der Waals surface area contributed by atoms with Crippen molar-refractivity contribution >= 4 is 39.2 Å². The second-order valence-corrected chi connectivity index (χ2v) is 4.76. The van der Waals surface area contributed by atoms with Gasteiger partial charge in [0.1, 0.15) is 0 Å². The SMILES string of the molecule is COCCCN=C(NN)Nc1cc(Cl)ccc1Br. The van der Waals surface area contributed by atoms with Crippen LogP contribution < -0.4 is 16.6 Å². The molecule has 0 spiro atoms. The van der Waals surface area contributed by atoms with E-state index >= 15 is 0 Å². The van der Waals surface area contributed by atoms with Crippen molar-refractivity contribution in [3.8, 4) is 0 Å². The quantitative estimate of drug-likeness (QED) is 0.254. The lowest BCUT2D eigenvalue weighted by atomic mass is 10.3. The fourth-order valence-electron chi connectivity index (χ4n) is 1.24. The highest BCUT2D eigenvalue weighted by Gasteiger charge is 2.03. The minimum absolute atomic E-state index is 0.481. The average molecular weight is 336 g/mol. The fraction of sp³-hybridized carbons (Fsp3) is 0.364. The van der Waals surface area contributed by atoms with Crippen LogP contribution in [-0.2, 0) is 4.74 Å². The summed E-state index contributed by atoms with van der Waals surface area (Å²) in [5.41, 5.74) is 3.31. The van der Waals surface area contributed by atoms with Crippen LogP contribution in [0.15, 0.2) is 27.7 Å². The first-order chi connectivity index (χ1) is 8.67. The van der Waals surface area contributed by atoms with E-state index in [-0.39, 0.29) is 0 Å². The summed E-state index contributed by atoms with van der Waals surface area (Å²) in [6.07, 6.45) is 0.833. The molecular weight excluding hydrogens is 320 g/mol. The molecular formula is C11H16BrClN4O. The molecule has 1 aromatic carbocycles. The van der Waals surface area contributed by atoms with Crippen molar-refractivity contribution in [2.45, 2.75) is 6.42 Å². The van der Waals surface area contributed by atoms with Crippen LogP contribution >= 0.6 is 27.5 Å². The van der Waals surface area contributed by atoms with Crippen molar-refractivity contribution < 1.29 is 4.74 Å². The molecule has 0 aliphatic carbocycles. The third-order valence-electron chi connectivity index (χ3n) is 2.09. The zero-order valence-electron chi connectivity index (χ0n) is 10.0. The highest BCUT2D eigenvalue weighted by atomic mass is 79.9. The molecule has 0 radical (unpaired) electrons. The summed E-state index contributed by atoms with van der Waals surface area (Å²) in [4.78, 5) is 4.27. The summed E-state index contributed by atoms with van der Waals surface area (Å²) < 4.78 is 5.83. The number of hydrogen-bond donors (Lipinski definition) is 3. The minimum atomic E-state index is 0.481. The maximum Gasteiger partial charge on any atom is 0.210 e. The van der Waals surface area contributed by atoms with E-state index in [4.69, 9.17) is 22.2 Å². The van der Waals surface area contributed by atoms with E-state index < -0.39 is 0 Å². The van der Waals surface area contributed by atoms with Gasteiger partial charge in [-0.3, -0.25) is 10.4 Å². The molecule has 0 fully saturated rings. The largest absolute Gasteiger partial charge is 0.385 e. The van der Waals surface area contributed by atoms with Crippen LogP contribution in [0.4, 0.5) is 5.69 Å². The highest BCUT2D eigenvalue weighted by Crippen LogP contribution is 2.25. The molecule has 18 heavy (non-hydrogen) atoms. The minimum Gasteiger partial charge on any atom is -0.385 e. The molecule has 0 heterocycles. The third kappa shape index (κ3) is 5.22. The van der Waals surface area contributed by atoms with Crippen LogP contribution in [0.2, 0.25) is 5.02 Å². The van der Waals surface area contributed by atoms with E-state index in [9.17, 15) is 0 Å². The molecule has 0 aromatic heterocycles. The summed E-state index contributed by atoms with van der Waals surface area (Å²) in [5.74, 6) is 5.88. The molecule has 1 aromatic rings. The number of anilines is 1. The lowest BCUT2D eigenvalue weighted by molar-refractivity contribution is 0.197. The number of ether oxygens (including phenoxy) is 1. The number of aliphatic imine (C=N–C) groups is 1. The highest BCUT2D eigenvalue weighted by molar-refractivity contribution is 9.10. The number of nitrogens with two attached hydrogens (primary N) is 1. The molecule has 0 amide bonds. The van der Waals surface area contributed by atoms with E-state index in [2.05, 4.69) is 31.7 Å². The number of hydrogen-bond acceptors (Lipinski definition) is 3. The summed E-state index contributed by atoms with van der Waals surface area (Å²) in [6, 6.07) is 5.43. The summed E-state index contributed by atoms with van der Waals surface area (Å²) in [7, 11) is 1.66. The number of guanidine groups is 1. The van der Waals surface area contributed by atoms with Gasteiger partial charge in [-0.1, -0.05) is 11.6 Å². The van der Waals surface area contributed by atoms with E-state index in [1.807, 2.05) is 6.07 Å². The molecule has 1 rings (SSSR count). The van der Waals surface area contributed by atoms with Crippen LogP contribution in [0.1, 0.15) is 6.42 Å². The first-order valence-electron chi connectivity index (χ1n) is 5.39. The summed E-state index contributed by atoms with van der Waals surface area (Å²) in [5, 5.41) is 3.69. The van der Waals surface area contributed by atoms with Crippen LogP contribution in [0.25, 0.3) is 0 Å². The summed E-state index contributed by atoms with van der Waals surface area (Å²) >= 11 is 9.34. The number of nitrogens with zero attached hydrogens (tertiary/aromatic N) is 1. The normalized spacial score (nSPS) is 11.4. The van der Waals surface area contributed by atoms with E-state index in [0.29, 0.717) is 24.1 Å². The number of nitrogens with one attached hydrogen (secondary N) is 2. The Labute approximate surface area is 120 Å². The standard InChI is InChI=1S/C11H16BrClN4O/c1-18-6-2-5-15-11(17-14)16-10-7-8(13)3-4-9(10)12/h3-4,7H,2,5-6,14H2,1H3,(H2,15,16,17). The monoisotopic (exact) mass is 334 g/mol. The van der Waals surface area contributed by atoms with Gasteiger partial charge in [0.25, 0.3) is 0 Å². The fourth-order valence-corrected chi connectivity index (χ4v) is 1.76. The number of methoxy groups -OCH3 is 1. The van der Waals surface area contributed by atoms with E-state index in [0.717, 1.165) is 16.6 Å². The third-order valence-corrected chi connectivity index (χ3v) is 3.02.